The Hall–Kier alpha value is -2.74. The number of nitrogens with one attached hydrogen (secondary N) is 2. The maximum Gasteiger partial charge on any atom is 0.408 e. The van der Waals surface area contributed by atoms with Crippen molar-refractivity contribution in [2.24, 2.45) is 11.8 Å². The molecule has 0 spiro atoms. The molecule has 1 aromatic rings. The first kappa shape index (κ1) is 21.0. The normalized spacial score (nSPS) is 21.2. The van der Waals surface area contributed by atoms with Gasteiger partial charge >= 0.3 is 6.09 Å². The van der Waals surface area contributed by atoms with Crippen LogP contribution in [0.1, 0.15) is 31.2 Å². The molecule has 0 radical (unpaired) electrons. The molecule has 2 amide bonds. The van der Waals surface area contributed by atoms with Gasteiger partial charge in [-0.2, -0.15) is 0 Å². The van der Waals surface area contributed by atoms with Gasteiger partial charge in [-0.15, -0.1) is 0 Å². The zero-order valence-electron chi connectivity index (χ0n) is 16.2. The third-order valence-corrected chi connectivity index (χ3v) is 5.28. The standard InChI is InChI=1S/C21H26N2O6/c24-17(10-15-8-4-5-9-22-20(26)19(15)25)18(16-12-28-13-16)23-21(27)29-11-14-6-2-1-3-7-14/h1-3,6-7,15-16,18H,4-5,8-13H2,(H,22,26)(H,23,27). The van der Waals surface area contributed by atoms with Crippen LogP contribution < -0.4 is 10.6 Å². The molecule has 2 atom stereocenters. The largest absolute Gasteiger partial charge is 0.445 e. The lowest BCUT2D eigenvalue weighted by Gasteiger charge is -2.33. The first-order valence-corrected chi connectivity index (χ1v) is 9.94. The van der Waals surface area contributed by atoms with Gasteiger partial charge in [-0.25, -0.2) is 4.79 Å². The molecule has 2 fully saturated rings. The van der Waals surface area contributed by atoms with Gasteiger partial charge < -0.3 is 20.1 Å². The van der Waals surface area contributed by atoms with E-state index in [-0.39, 0.29) is 24.7 Å². The average molecular weight is 402 g/mol. The van der Waals surface area contributed by atoms with Crippen molar-refractivity contribution in [1.29, 1.82) is 0 Å². The summed E-state index contributed by atoms with van der Waals surface area (Å²) in [5.41, 5.74) is 0.837. The lowest BCUT2D eigenvalue weighted by Crippen LogP contribution is -2.53. The first-order chi connectivity index (χ1) is 14.0. The number of hydrogen-bond donors (Lipinski definition) is 2. The van der Waals surface area contributed by atoms with Gasteiger partial charge in [-0.1, -0.05) is 36.8 Å². The van der Waals surface area contributed by atoms with E-state index in [1.54, 1.807) is 0 Å². The number of ketones is 2. The van der Waals surface area contributed by atoms with Crippen molar-refractivity contribution in [3.8, 4) is 0 Å². The quantitative estimate of drug-likeness (QED) is 0.667. The summed E-state index contributed by atoms with van der Waals surface area (Å²) in [6.07, 6.45) is 1.25. The van der Waals surface area contributed by atoms with E-state index in [0.29, 0.717) is 26.2 Å². The van der Waals surface area contributed by atoms with Crippen molar-refractivity contribution in [3.63, 3.8) is 0 Å². The van der Waals surface area contributed by atoms with Crippen molar-refractivity contribution in [2.75, 3.05) is 19.8 Å². The summed E-state index contributed by atoms with van der Waals surface area (Å²) in [7, 11) is 0. The maximum atomic E-state index is 12.9. The highest BCUT2D eigenvalue weighted by atomic mass is 16.5. The maximum absolute atomic E-state index is 12.9. The molecular weight excluding hydrogens is 376 g/mol. The molecule has 2 heterocycles. The second-order valence-electron chi connectivity index (χ2n) is 7.46. The molecule has 2 saturated heterocycles. The summed E-state index contributed by atoms with van der Waals surface area (Å²) in [5, 5.41) is 5.20. The molecule has 0 bridgehead atoms. The number of carbonyl (C=O) groups excluding carboxylic acids is 4. The number of amides is 2. The van der Waals surface area contributed by atoms with Gasteiger partial charge in [0.2, 0.25) is 5.78 Å². The molecule has 2 aliphatic rings. The second-order valence-corrected chi connectivity index (χ2v) is 7.46. The fraction of sp³-hybridized carbons (Fsp3) is 0.524. The fourth-order valence-electron chi connectivity index (χ4n) is 3.49. The van der Waals surface area contributed by atoms with Crippen molar-refractivity contribution in [1.82, 2.24) is 10.6 Å². The van der Waals surface area contributed by atoms with Crippen LogP contribution in [0.4, 0.5) is 4.79 Å². The Labute approximate surface area is 169 Å². The number of rotatable bonds is 7. The highest BCUT2D eigenvalue weighted by molar-refractivity contribution is 6.37. The Kier molecular flexibility index (Phi) is 7.35. The number of hydrogen-bond acceptors (Lipinski definition) is 6. The smallest absolute Gasteiger partial charge is 0.408 e. The molecular formula is C21H26N2O6. The van der Waals surface area contributed by atoms with Crippen LogP contribution in [0.15, 0.2) is 30.3 Å². The minimum absolute atomic E-state index is 0.0770. The minimum atomic E-state index is -0.798. The number of Topliss-reactive ketones (excluding diaryl/α,β-unsaturated/α-hetero) is 2. The molecule has 2 unspecified atom stereocenters. The van der Waals surface area contributed by atoms with Gasteiger partial charge in [-0.05, 0) is 18.4 Å². The van der Waals surface area contributed by atoms with E-state index in [0.717, 1.165) is 18.4 Å². The summed E-state index contributed by atoms with van der Waals surface area (Å²) in [6, 6.07) is 8.43. The van der Waals surface area contributed by atoms with Crippen molar-refractivity contribution in [3.05, 3.63) is 35.9 Å². The van der Waals surface area contributed by atoms with Gasteiger partial charge in [-0.3, -0.25) is 14.4 Å². The Bertz CT molecular complexity index is 747. The van der Waals surface area contributed by atoms with E-state index in [2.05, 4.69) is 10.6 Å². The fourth-order valence-corrected chi connectivity index (χ4v) is 3.49. The lowest BCUT2D eigenvalue weighted by atomic mass is 9.85. The van der Waals surface area contributed by atoms with Gasteiger partial charge in [0.15, 0.2) is 5.78 Å². The van der Waals surface area contributed by atoms with E-state index in [4.69, 9.17) is 9.47 Å². The molecule has 2 N–H and O–H groups in total. The van der Waals surface area contributed by atoms with Crippen LogP contribution in [0.5, 0.6) is 0 Å². The van der Waals surface area contributed by atoms with E-state index < -0.39 is 29.7 Å². The summed E-state index contributed by atoms with van der Waals surface area (Å²) < 4.78 is 10.4. The summed E-state index contributed by atoms with van der Waals surface area (Å²) in [4.78, 5) is 49.3. The van der Waals surface area contributed by atoms with Gasteiger partial charge in [0, 0.05) is 24.8 Å². The van der Waals surface area contributed by atoms with E-state index in [1.165, 1.54) is 0 Å². The highest BCUT2D eigenvalue weighted by Crippen LogP contribution is 2.22. The monoisotopic (exact) mass is 402 g/mol. The molecule has 8 nitrogen and oxygen atoms in total. The number of alkyl carbamates (subject to hydrolysis) is 1. The van der Waals surface area contributed by atoms with Gasteiger partial charge in [0.25, 0.3) is 5.91 Å². The number of benzene rings is 1. The molecule has 1 aromatic carbocycles. The molecule has 2 aliphatic heterocycles. The van der Waals surface area contributed by atoms with Crippen LogP contribution in [0, 0.1) is 11.8 Å². The third kappa shape index (κ3) is 5.87. The lowest BCUT2D eigenvalue weighted by molar-refractivity contribution is -0.142. The zero-order valence-corrected chi connectivity index (χ0v) is 16.2. The highest BCUT2D eigenvalue weighted by Gasteiger charge is 2.38. The summed E-state index contributed by atoms with van der Waals surface area (Å²) >= 11 is 0. The first-order valence-electron chi connectivity index (χ1n) is 9.94. The van der Waals surface area contributed by atoms with Gasteiger partial charge in [0.1, 0.15) is 6.61 Å². The predicted octanol–water partition coefficient (Wildman–Crippen LogP) is 1.37. The Balaban J connectivity index is 1.58. The third-order valence-electron chi connectivity index (χ3n) is 5.28. The summed E-state index contributed by atoms with van der Waals surface area (Å²) in [6.45, 7) is 1.28. The minimum Gasteiger partial charge on any atom is -0.445 e. The molecule has 0 aromatic heterocycles. The number of ether oxygens (including phenoxy) is 2. The molecule has 8 heteroatoms. The van der Waals surface area contributed by atoms with Crippen LogP contribution in [0.2, 0.25) is 0 Å². The number of carbonyl (C=O) groups is 4. The molecule has 29 heavy (non-hydrogen) atoms. The van der Waals surface area contributed by atoms with E-state index in [9.17, 15) is 19.2 Å². The topological polar surface area (TPSA) is 111 Å². The average Bonchev–Trinajstić information content (AvgIpc) is 2.68. The second kappa shape index (κ2) is 10.2. The molecule has 3 rings (SSSR count). The van der Waals surface area contributed by atoms with E-state index in [1.807, 2.05) is 30.3 Å². The van der Waals surface area contributed by atoms with Crippen LogP contribution in [-0.2, 0) is 30.5 Å². The zero-order chi connectivity index (χ0) is 20.6. The Morgan fingerprint density at radius 2 is 1.93 bits per heavy atom. The van der Waals surface area contributed by atoms with Crippen molar-refractivity contribution < 1.29 is 28.7 Å². The van der Waals surface area contributed by atoms with Crippen LogP contribution in [0.25, 0.3) is 0 Å². The molecule has 0 saturated carbocycles. The predicted molar refractivity (Wildman–Crippen MR) is 103 cm³/mol. The van der Waals surface area contributed by atoms with Crippen LogP contribution in [-0.4, -0.2) is 49.4 Å². The van der Waals surface area contributed by atoms with Crippen LogP contribution >= 0.6 is 0 Å². The van der Waals surface area contributed by atoms with E-state index >= 15 is 0 Å². The van der Waals surface area contributed by atoms with Gasteiger partial charge in [0.05, 0.1) is 19.3 Å². The van der Waals surface area contributed by atoms with Crippen molar-refractivity contribution in [2.45, 2.75) is 38.3 Å². The molecule has 156 valence electrons. The SMILES string of the molecule is O=C(NC(C(=O)CC1CCCCNC(=O)C1=O)C1COC1)OCc1ccccc1. The Morgan fingerprint density at radius 1 is 1.17 bits per heavy atom. The summed E-state index contributed by atoms with van der Waals surface area (Å²) in [5.74, 6) is -2.30. The van der Waals surface area contributed by atoms with Crippen LogP contribution in [0.3, 0.4) is 0 Å². The molecule has 0 aliphatic carbocycles. The Morgan fingerprint density at radius 3 is 2.62 bits per heavy atom. The van der Waals surface area contributed by atoms with Crippen molar-refractivity contribution >= 4 is 23.6 Å².